The van der Waals surface area contributed by atoms with Gasteiger partial charge in [0.2, 0.25) is 0 Å². The molecule has 87 valence electrons. The molecule has 0 fully saturated rings. The predicted octanol–water partition coefficient (Wildman–Crippen LogP) is -7.50. The summed E-state index contributed by atoms with van der Waals surface area (Å²) >= 11 is -10.9. The Morgan fingerprint density at radius 3 is 0.500 bits per heavy atom. The van der Waals surface area contributed by atoms with E-state index in [0.29, 0.717) is 0 Å². The Bertz CT molecular complexity index is 116. The molecule has 14 heavy (non-hydrogen) atoms. The van der Waals surface area contributed by atoms with Crippen LogP contribution in [-0.4, -0.2) is 0 Å². The minimum atomic E-state index is -3.65. The second kappa shape index (κ2) is 24.2. The van der Waals surface area contributed by atoms with Crippen LogP contribution in [0.25, 0.3) is 0 Å². The molecule has 0 rings (SSSR count). The molecule has 0 aromatic rings. The Hall–Kier alpha value is 1.78. The molecule has 0 N–H and O–H groups in total. The van der Waals surface area contributed by atoms with Crippen LogP contribution < -0.4 is 25.1 Å². The maximum atomic E-state index is 8.52. The maximum absolute atomic E-state index is 8.52. The van der Waals surface area contributed by atoms with Crippen molar-refractivity contribution in [3.63, 3.8) is 0 Å². The van der Waals surface area contributed by atoms with E-state index >= 15 is 0 Å². The van der Waals surface area contributed by atoms with E-state index in [1.54, 1.807) is 0 Å². The molecule has 9 nitrogen and oxygen atoms in total. The first-order chi connectivity index (χ1) is 5.20. The first-order valence-corrected chi connectivity index (χ1v) is 5.73. The van der Waals surface area contributed by atoms with Crippen molar-refractivity contribution in [1.29, 1.82) is 0 Å². The number of hydrogen-bond acceptors (Lipinski definition) is 9. The molecule has 2 radical (unpaired) electrons. The molecule has 14 heteroatoms. The summed E-state index contributed by atoms with van der Waals surface area (Å²) in [5.41, 5.74) is 0. The van der Waals surface area contributed by atoms with Crippen molar-refractivity contribution >= 4 is 0 Å². The average molecular weight is 413 g/mol. The molecular weight excluding hydrogens is 413 g/mol. The van der Waals surface area contributed by atoms with Crippen LogP contribution in [0.15, 0.2) is 0 Å². The van der Waals surface area contributed by atoms with Gasteiger partial charge in [-0.15, -0.1) is 0 Å². The summed E-state index contributed by atoms with van der Waals surface area (Å²) in [7, 11) is 0. The number of rotatable bonds is 0. The van der Waals surface area contributed by atoms with E-state index in [1.165, 1.54) is 0 Å². The molecule has 0 aliphatic rings. The number of hydrogen-bond donors (Lipinski definition) is 0. The summed E-state index contributed by atoms with van der Waals surface area (Å²) in [6.07, 6.45) is 0. The fourth-order valence-electron chi connectivity index (χ4n) is 0. The molecule has 0 bridgehead atoms. The molecule has 0 saturated carbocycles. The monoisotopic (exact) mass is 413 g/mol. The van der Waals surface area contributed by atoms with E-state index in [9.17, 15) is 0 Å². The first-order valence-electron chi connectivity index (χ1n) is 1.39. The summed E-state index contributed by atoms with van der Waals surface area (Å²) in [5.74, 6) is 0. The zero-order chi connectivity index (χ0) is 10.7. The van der Waals surface area contributed by atoms with Crippen LogP contribution in [0.2, 0.25) is 0 Å². The van der Waals surface area contributed by atoms with Crippen LogP contribution in [-0.2, 0) is 89.7 Å². The van der Waals surface area contributed by atoms with Gasteiger partial charge in [0.15, 0.2) is 0 Å². The summed E-state index contributed by atoms with van der Waals surface area (Å²) < 4.78 is 76.7. The van der Waals surface area contributed by atoms with Gasteiger partial charge in [-0.3, -0.25) is 0 Å². The molecule has 0 aliphatic heterocycles. The molecule has 0 saturated heterocycles. The normalized spacial score (nSPS) is 7.50. The zero-order valence-electron chi connectivity index (χ0n) is 5.62. The van der Waals surface area contributed by atoms with Crippen molar-refractivity contribution < 1.29 is 115 Å². The third-order valence-corrected chi connectivity index (χ3v) is 0. The van der Waals surface area contributed by atoms with Crippen LogP contribution in [0.4, 0.5) is 0 Å². The molecule has 0 atom stereocenters. The zero-order valence-corrected chi connectivity index (χ0v) is 11.7. The quantitative estimate of drug-likeness (QED) is 0.347. The minimum absolute atomic E-state index is 0. The van der Waals surface area contributed by atoms with Gasteiger partial charge < -0.3 is 0 Å². The van der Waals surface area contributed by atoms with Gasteiger partial charge in [-0.2, -0.15) is 0 Å². The van der Waals surface area contributed by atoms with Gasteiger partial charge in [-0.1, -0.05) is 0 Å². The van der Waals surface area contributed by atoms with Crippen LogP contribution in [0.3, 0.4) is 0 Å². The van der Waals surface area contributed by atoms with Gasteiger partial charge in [0.1, 0.15) is 0 Å². The molecule has 0 aromatic carbocycles. The fourth-order valence-corrected chi connectivity index (χ4v) is 0. The van der Waals surface area contributed by atoms with Crippen LogP contribution >= 0.6 is 0 Å². The van der Waals surface area contributed by atoms with Gasteiger partial charge >= 0.3 is 115 Å². The van der Waals surface area contributed by atoms with Crippen molar-refractivity contribution in [2.75, 3.05) is 0 Å². The Labute approximate surface area is 114 Å². The molecule has 0 aromatic heterocycles. The van der Waals surface area contributed by atoms with Crippen molar-refractivity contribution in [2.24, 2.45) is 0 Å². The van der Waals surface area contributed by atoms with E-state index in [4.69, 9.17) is 36.6 Å². The summed E-state index contributed by atoms with van der Waals surface area (Å²) in [4.78, 5) is 0. The van der Waals surface area contributed by atoms with Gasteiger partial charge in [-0.25, -0.2) is 0 Å². The van der Waals surface area contributed by atoms with Gasteiger partial charge in [0.05, 0.1) is 0 Å². The third kappa shape index (κ3) is 708. The molecule has 0 heterocycles. The molecule has 0 aliphatic carbocycles. The average Bonchev–Trinajstić information content (AvgIpc) is 1.54. The van der Waals surface area contributed by atoms with Crippen LogP contribution in [0.1, 0.15) is 0 Å². The van der Waals surface area contributed by atoms with E-state index in [1.807, 2.05) is 0 Å². The molecule has 0 unspecified atom stereocenters. The van der Waals surface area contributed by atoms with E-state index in [2.05, 4.69) is 0 Å². The second-order valence-electron chi connectivity index (χ2n) is 0.567. The van der Waals surface area contributed by atoms with Crippen LogP contribution in [0, 0.1) is 0 Å². The van der Waals surface area contributed by atoms with Crippen molar-refractivity contribution in [2.45, 2.75) is 0 Å². The standard InChI is InChI=1S/2Cr.3Mn.9O/q2*+3;;;;;;;6*-1. The summed E-state index contributed by atoms with van der Waals surface area (Å²) in [5, 5.41) is 0. The molecule has 0 spiro atoms. The Morgan fingerprint density at radius 2 is 0.500 bits per heavy atom. The van der Waals surface area contributed by atoms with Gasteiger partial charge in [0, 0.05) is 0 Å². The van der Waals surface area contributed by atoms with Crippen molar-refractivity contribution in [3.8, 4) is 0 Å². The van der Waals surface area contributed by atoms with Crippen molar-refractivity contribution in [1.82, 2.24) is 0 Å². The predicted molar refractivity (Wildman–Crippen MR) is 2.06 cm³/mol. The van der Waals surface area contributed by atoms with Gasteiger partial charge in [0.25, 0.3) is 0 Å². The Balaban J connectivity index is -0.0000000270. The topological polar surface area (TPSA) is 190 Å². The Kier molecular flexibility index (Phi) is 51.2. The molecular formula is Cr2Mn3O9. The molecule has 0 amide bonds. The third-order valence-electron chi connectivity index (χ3n) is 0. The van der Waals surface area contributed by atoms with E-state index < -0.39 is 43.5 Å². The van der Waals surface area contributed by atoms with Crippen molar-refractivity contribution in [3.05, 3.63) is 0 Å². The fraction of sp³-hybridized carbons (Fsp3) is 0. The summed E-state index contributed by atoms with van der Waals surface area (Å²) in [6.45, 7) is 0. The van der Waals surface area contributed by atoms with Gasteiger partial charge in [-0.05, 0) is 0 Å². The Morgan fingerprint density at radius 1 is 0.500 bits per heavy atom. The first kappa shape index (κ1) is 29.7. The van der Waals surface area contributed by atoms with Crippen LogP contribution in [0.5, 0.6) is 0 Å². The van der Waals surface area contributed by atoms with E-state index in [0.717, 1.165) is 0 Å². The van der Waals surface area contributed by atoms with E-state index in [-0.39, 0.29) is 34.7 Å². The SMILES string of the molecule is [Cr+3].[Cr+3].[O]=[Mn]([O-])[O-].[O]=[Mn]([O-])[O-].[O]=[Mn]([O-])[O-]. The summed E-state index contributed by atoms with van der Waals surface area (Å²) in [6, 6.07) is 0. The second-order valence-corrected chi connectivity index (χ2v) is 2.34.